The lowest BCUT2D eigenvalue weighted by Crippen LogP contribution is -2.04. The average molecular weight is 891 g/mol. The molecule has 70 heavy (non-hydrogen) atoms. The van der Waals surface area contributed by atoms with Crippen molar-refractivity contribution >= 4 is 115 Å². The minimum atomic E-state index is 0.390. The van der Waals surface area contributed by atoms with Gasteiger partial charge in [-0.15, -0.1) is 0 Å². The molecule has 0 bridgehead atoms. The van der Waals surface area contributed by atoms with Crippen LogP contribution in [0.25, 0.3) is 148 Å². The van der Waals surface area contributed by atoms with E-state index in [9.17, 15) is 5.26 Å². The van der Waals surface area contributed by atoms with Crippen molar-refractivity contribution in [3.63, 3.8) is 0 Å². The highest BCUT2D eigenvalue weighted by Gasteiger charge is 2.25. The van der Waals surface area contributed by atoms with Crippen LogP contribution in [-0.2, 0) is 0 Å². The number of nitrogens with zero attached hydrogens (tertiary/aromatic N) is 4. The van der Waals surface area contributed by atoms with Crippen molar-refractivity contribution in [2.24, 2.45) is 0 Å². The third-order valence-corrected chi connectivity index (χ3v) is 14.6. The van der Waals surface area contributed by atoms with E-state index in [-0.39, 0.29) is 0 Å². The Morgan fingerprint density at radius 1 is 0.386 bits per heavy atom. The van der Waals surface area contributed by atoms with E-state index in [1.807, 2.05) is 48.5 Å². The summed E-state index contributed by atoms with van der Waals surface area (Å²) in [5, 5.41) is 24.7. The SMILES string of the molecule is [C-]#[N+]c1ccc(-n2c3ccc(-c4ccc5c(c4)oc4ccccc45)cc3c3c4ccccc4ccc32)c(C#N)c1-n1c2ccc(-c3ccc4c(c3)oc3ccccc34)cc2c2c3ccccc3ccc21. The van der Waals surface area contributed by atoms with Crippen LogP contribution in [0.15, 0.2) is 215 Å². The fourth-order valence-electron chi connectivity index (χ4n) is 11.4. The van der Waals surface area contributed by atoms with Gasteiger partial charge >= 0.3 is 0 Å². The molecule has 4 aromatic heterocycles. The Morgan fingerprint density at radius 3 is 1.37 bits per heavy atom. The van der Waals surface area contributed by atoms with Gasteiger partial charge in [0.1, 0.15) is 28.4 Å². The largest absolute Gasteiger partial charge is 0.456 e. The topological polar surface area (TPSA) is 64.3 Å². The standard InChI is InChI=1S/C64H34N4O2/c1-66-52-26-31-55(67-53-27-22-39(32-49(53)62-43-12-4-2-10-37(43)20-29-56(62)67)41-18-24-47-45-14-6-8-16-58(45)69-60(47)34-41)51(36-65)64(52)68-54-28-23-40(33-50(54)63-44-13-5-3-11-38(44)21-30-57(63)68)42-19-25-48-46-15-7-9-17-59(46)70-61(48)35-42/h2-35H. The lowest BCUT2D eigenvalue weighted by atomic mass is 9.99. The molecule has 0 saturated heterocycles. The third kappa shape index (κ3) is 5.30. The molecule has 0 aliphatic rings. The Balaban J connectivity index is 0.980. The second-order valence-corrected chi connectivity index (χ2v) is 18.2. The first kappa shape index (κ1) is 38.2. The summed E-state index contributed by atoms with van der Waals surface area (Å²) in [5.74, 6) is 0. The van der Waals surface area contributed by atoms with Gasteiger partial charge < -0.3 is 18.0 Å². The maximum absolute atomic E-state index is 11.6. The molecule has 15 rings (SSSR count). The second-order valence-electron chi connectivity index (χ2n) is 18.2. The summed E-state index contributed by atoms with van der Waals surface area (Å²) >= 11 is 0. The van der Waals surface area contributed by atoms with Crippen molar-refractivity contribution in [2.45, 2.75) is 0 Å². The maximum atomic E-state index is 11.6. The number of aromatic nitrogens is 2. The van der Waals surface area contributed by atoms with Crippen LogP contribution in [0.2, 0.25) is 0 Å². The van der Waals surface area contributed by atoms with Crippen molar-refractivity contribution in [3.8, 4) is 39.7 Å². The monoisotopic (exact) mass is 890 g/mol. The maximum Gasteiger partial charge on any atom is 0.212 e. The normalized spacial score (nSPS) is 12.0. The van der Waals surface area contributed by atoms with Gasteiger partial charge in [0.25, 0.3) is 0 Å². The number of furan rings is 2. The molecule has 0 aliphatic carbocycles. The van der Waals surface area contributed by atoms with Crippen LogP contribution in [0.1, 0.15) is 5.56 Å². The molecule has 0 amide bonds. The van der Waals surface area contributed by atoms with Crippen LogP contribution in [0, 0.1) is 17.9 Å². The third-order valence-electron chi connectivity index (χ3n) is 14.6. The van der Waals surface area contributed by atoms with E-state index in [2.05, 4.69) is 178 Å². The molecule has 0 spiro atoms. The van der Waals surface area contributed by atoms with Crippen LogP contribution < -0.4 is 0 Å². The number of hydrogen-bond donors (Lipinski definition) is 0. The molecule has 15 aromatic rings. The van der Waals surface area contributed by atoms with Crippen molar-refractivity contribution in [2.75, 3.05) is 0 Å². The zero-order valence-electron chi connectivity index (χ0n) is 37.2. The van der Waals surface area contributed by atoms with Gasteiger partial charge in [-0.25, -0.2) is 4.85 Å². The zero-order chi connectivity index (χ0) is 46.2. The molecule has 6 heteroatoms. The number of hydrogen-bond acceptors (Lipinski definition) is 3. The van der Waals surface area contributed by atoms with E-state index in [1.54, 1.807) is 0 Å². The molecule has 6 nitrogen and oxygen atoms in total. The van der Waals surface area contributed by atoms with Gasteiger partial charge in [0.05, 0.1) is 45.6 Å². The summed E-state index contributed by atoms with van der Waals surface area (Å²) in [6.07, 6.45) is 0. The van der Waals surface area contributed by atoms with E-state index < -0.39 is 0 Å². The summed E-state index contributed by atoms with van der Waals surface area (Å²) in [6, 6.07) is 74.3. The summed E-state index contributed by atoms with van der Waals surface area (Å²) in [7, 11) is 0. The van der Waals surface area contributed by atoms with Gasteiger partial charge in [0.2, 0.25) is 5.69 Å². The first-order valence-electron chi connectivity index (χ1n) is 23.3. The number of nitriles is 1. The van der Waals surface area contributed by atoms with Gasteiger partial charge in [-0.3, -0.25) is 0 Å². The van der Waals surface area contributed by atoms with Crippen LogP contribution >= 0.6 is 0 Å². The lowest BCUT2D eigenvalue weighted by molar-refractivity contribution is 0.668. The van der Waals surface area contributed by atoms with E-state index >= 15 is 0 Å². The molecule has 11 aromatic carbocycles. The number of para-hydroxylation sites is 2. The first-order valence-corrected chi connectivity index (χ1v) is 23.3. The lowest BCUT2D eigenvalue weighted by Gasteiger charge is -2.18. The van der Waals surface area contributed by atoms with Crippen molar-refractivity contribution < 1.29 is 8.83 Å². The van der Waals surface area contributed by atoms with Crippen molar-refractivity contribution in [3.05, 3.63) is 223 Å². The van der Waals surface area contributed by atoms with Gasteiger partial charge in [0, 0.05) is 43.1 Å². The Morgan fingerprint density at radius 2 is 0.829 bits per heavy atom. The molecular weight excluding hydrogens is 857 g/mol. The second kappa shape index (κ2) is 14.3. The molecule has 0 unspecified atom stereocenters. The first-order chi connectivity index (χ1) is 34.6. The number of benzene rings is 11. The fourth-order valence-corrected chi connectivity index (χ4v) is 11.4. The summed E-state index contributed by atoms with van der Waals surface area (Å²) in [6.45, 7) is 8.62. The molecule has 0 saturated carbocycles. The fraction of sp³-hybridized carbons (Fsp3) is 0. The Hall–Kier alpha value is -9.88. The van der Waals surface area contributed by atoms with Crippen molar-refractivity contribution in [1.29, 1.82) is 5.26 Å². The minimum Gasteiger partial charge on any atom is -0.456 e. The Kier molecular flexibility index (Phi) is 7.82. The molecule has 0 radical (unpaired) electrons. The molecule has 0 aliphatic heterocycles. The van der Waals surface area contributed by atoms with Gasteiger partial charge in [0.15, 0.2) is 0 Å². The number of rotatable bonds is 4. The highest BCUT2D eigenvalue weighted by atomic mass is 16.3. The van der Waals surface area contributed by atoms with Gasteiger partial charge in [-0.2, -0.15) is 5.26 Å². The predicted octanol–water partition coefficient (Wildman–Crippen LogP) is 17.7. The van der Waals surface area contributed by atoms with E-state index in [1.165, 1.54) is 0 Å². The number of fused-ring (bicyclic) bond motifs is 16. The zero-order valence-corrected chi connectivity index (χ0v) is 37.2. The van der Waals surface area contributed by atoms with Crippen LogP contribution in [0.4, 0.5) is 5.69 Å². The van der Waals surface area contributed by atoms with E-state index in [0.29, 0.717) is 22.6 Å². The smallest absolute Gasteiger partial charge is 0.212 e. The van der Waals surface area contributed by atoms with E-state index in [0.717, 1.165) is 131 Å². The average Bonchev–Trinajstić information content (AvgIpc) is 4.17. The summed E-state index contributed by atoms with van der Waals surface area (Å²) < 4.78 is 17.0. The summed E-state index contributed by atoms with van der Waals surface area (Å²) in [4.78, 5) is 4.14. The summed E-state index contributed by atoms with van der Waals surface area (Å²) in [5.41, 5.74) is 13.4. The molecule has 0 fully saturated rings. The van der Waals surface area contributed by atoms with Gasteiger partial charge in [-0.05, 0) is 123 Å². The van der Waals surface area contributed by atoms with Crippen LogP contribution in [-0.4, -0.2) is 9.13 Å². The Labute approximate surface area is 399 Å². The van der Waals surface area contributed by atoms with E-state index in [4.69, 9.17) is 15.4 Å². The highest BCUT2D eigenvalue weighted by Crippen LogP contribution is 2.46. The molecule has 4 heterocycles. The quantitative estimate of drug-likeness (QED) is 0.165. The highest BCUT2D eigenvalue weighted by molar-refractivity contribution is 6.24. The van der Waals surface area contributed by atoms with Crippen LogP contribution in [0.5, 0.6) is 0 Å². The predicted molar refractivity (Wildman–Crippen MR) is 287 cm³/mol. The van der Waals surface area contributed by atoms with Crippen LogP contribution in [0.3, 0.4) is 0 Å². The molecular formula is C64H34N4O2. The Bertz CT molecular complexity index is 4870. The van der Waals surface area contributed by atoms with Gasteiger partial charge in [-0.1, -0.05) is 127 Å². The molecule has 322 valence electrons. The molecule has 0 atom stereocenters. The molecule has 0 N–H and O–H groups in total. The van der Waals surface area contributed by atoms with Crippen molar-refractivity contribution in [1.82, 2.24) is 9.13 Å². The minimum absolute atomic E-state index is 0.390.